The third kappa shape index (κ3) is 5.37. The maximum Gasteiger partial charge on any atom is 0.323 e. The normalized spacial score (nSPS) is 11.7. The number of carbonyl (C=O) groups is 2. The van der Waals surface area contributed by atoms with Crippen molar-refractivity contribution in [3.05, 3.63) is 23.7 Å². The third-order valence-corrected chi connectivity index (χ3v) is 3.28. The maximum atomic E-state index is 12.3. The van der Waals surface area contributed by atoms with Gasteiger partial charge in [-0.25, -0.2) is 0 Å². The zero-order chi connectivity index (χ0) is 16.2. The Balaban J connectivity index is 2.87. The average Bonchev–Trinajstić information content (AvgIpc) is 2.79. The van der Waals surface area contributed by atoms with Crippen molar-refractivity contribution in [2.75, 3.05) is 6.54 Å². The monoisotopic (exact) mass is 321 g/mol. The van der Waals surface area contributed by atoms with Gasteiger partial charge in [-0.3, -0.25) is 9.59 Å². The molecule has 0 bridgehead atoms. The molecule has 8 heteroatoms. The number of furan rings is 1. The number of thioether (sulfide) groups is 1. The highest BCUT2D eigenvalue weighted by atomic mass is 32.2. The molecule has 0 spiro atoms. The molecule has 5 nitrogen and oxygen atoms in total. The predicted octanol–water partition coefficient (Wildman–Crippen LogP) is 3.06. The predicted molar refractivity (Wildman–Crippen MR) is 74.4 cm³/mol. The molecule has 0 aliphatic heterocycles. The summed E-state index contributed by atoms with van der Waals surface area (Å²) >= 11 is 0.388. The average molecular weight is 321 g/mol. The lowest BCUT2D eigenvalue weighted by Gasteiger charge is -2.33. The van der Waals surface area contributed by atoms with Gasteiger partial charge in [-0.1, -0.05) is 11.8 Å². The van der Waals surface area contributed by atoms with Crippen molar-refractivity contribution >= 4 is 23.6 Å². The van der Waals surface area contributed by atoms with E-state index in [1.165, 1.54) is 12.1 Å². The molecule has 0 saturated heterocycles. The molecule has 118 valence electrons. The molecule has 0 aliphatic carbocycles. The van der Waals surface area contributed by atoms with E-state index in [4.69, 9.17) is 9.52 Å². The van der Waals surface area contributed by atoms with Crippen molar-refractivity contribution in [3.63, 3.8) is 0 Å². The minimum Gasteiger partial charge on any atom is -0.480 e. The highest BCUT2D eigenvalue weighted by Crippen LogP contribution is 2.23. The van der Waals surface area contributed by atoms with Crippen molar-refractivity contribution in [1.82, 2.24) is 4.90 Å². The van der Waals surface area contributed by atoms with E-state index < -0.39 is 29.7 Å². The van der Waals surface area contributed by atoms with Crippen LogP contribution >= 0.6 is 11.8 Å². The van der Waals surface area contributed by atoms with Crippen LogP contribution in [0.5, 0.6) is 0 Å². The molecule has 1 aromatic heterocycles. The Morgan fingerprint density at radius 1 is 1.38 bits per heavy atom. The van der Waals surface area contributed by atoms with E-state index in [1.807, 2.05) is 0 Å². The van der Waals surface area contributed by atoms with Gasteiger partial charge in [-0.05, 0) is 32.9 Å². The number of aliphatic carboxylic acids is 1. The van der Waals surface area contributed by atoms with E-state index in [1.54, 1.807) is 20.8 Å². The third-order valence-electron chi connectivity index (χ3n) is 2.57. The summed E-state index contributed by atoms with van der Waals surface area (Å²) in [4.78, 5) is 24.3. The molecule has 0 aromatic carbocycles. The molecule has 1 heterocycles. The van der Waals surface area contributed by atoms with Gasteiger partial charge in [0.15, 0.2) is 5.76 Å². The molecule has 0 radical (unpaired) electrons. The van der Waals surface area contributed by atoms with Crippen LogP contribution in [0.4, 0.5) is 8.78 Å². The molecule has 0 unspecified atom stereocenters. The first-order valence-electron chi connectivity index (χ1n) is 6.13. The van der Waals surface area contributed by atoms with Gasteiger partial charge in [-0.15, -0.1) is 0 Å². The van der Waals surface area contributed by atoms with Crippen LogP contribution in [0.3, 0.4) is 0 Å². The summed E-state index contributed by atoms with van der Waals surface area (Å²) in [6.45, 7) is 4.63. The van der Waals surface area contributed by atoms with Crippen LogP contribution in [0.25, 0.3) is 0 Å². The Bertz CT molecular complexity index is 511. The molecule has 1 amide bonds. The fraction of sp³-hybridized carbons (Fsp3) is 0.538. The molecule has 1 aromatic rings. The number of rotatable bonds is 6. The largest absolute Gasteiger partial charge is 0.480 e. The van der Waals surface area contributed by atoms with Crippen molar-refractivity contribution in [3.8, 4) is 0 Å². The molecular weight excluding hydrogens is 304 g/mol. The fourth-order valence-corrected chi connectivity index (χ4v) is 2.04. The molecule has 1 N–H and O–H groups in total. The van der Waals surface area contributed by atoms with Gasteiger partial charge >= 0.3 is 5.97 Å². The molecular formula is C13H17F2NO4S. The first kappa shape index (κ1) is 17.5. The number of alkyl halides is 2. The molecule has 0 fully saturated rings. The Hall–Kier alpha value is -1.57. The maximum absolute atomic E-state index is 12.3. The topological polar surface area (TPSA) is 70.8 Å². The molecule has 1 rings (SSSR count). The van der Waals surface area contributed by atoms with E-state index in [9.17, 15) is 18.4 Å². The van der Waals surface area contributed by atoms with Gasteiger partial charge in [-0.2, -0.15) is 8.78 Å². The van der Waals surface area contributed by atoms with E-state index in [0.717, 1.165) is 4.90 Å². The Labute approximate surface area is 125 Å². The summed E-state index contributed by atoms with van der Waals surface area (Å²) in [7, 11) is 0. The second kappa shape index (κ2) is 6.93. The van der Waals surface area contributed by atoms with E-state index in [0.29, 0.717) is 11.8 Å². The minimum absolute atomic E-state index is 0.0562. The fourth-order valence-electron chi connectivity index (χ4n) is 1.60. The Morgan fingerprint density at radius 3 is 2.48 bits per heavy atom. The van der Waals surface area contributed by atoms with Gasteiger partial charge in [0, 0.05) is 5.54 Å². The van der Waals surface area contributed by atoms with Crippen molar-refractivity contribution in [2.24, 2.45) is 0 Å². The second-order valence-electron chi connectivity index (χ2n) is 5.29. The summed E-state index contributed by atoms with van der Waals surface area (Å²) in [5, 5.41) is 8.88. The van der Waals surface area contributed by atoms with Crippen LogP contribution in [-0.2, 0) is 10.5 Å². The molecule has 0 atom stereocenters. The van der Waals surface area contributed by atoms with Crippen molar-refractivity contribution in [1.29, 1.82) is 0 Å². The number of hydrogen-bond acceptors (Lipinski definition) is 4. The summed E-state index contributed by atoms with van der Waals surface area (Å²) in [5.74, 6) is -4.12. The van der Waals surface area contributed by atoms with Crippen LogP contribution < -0.4 is 0 Å². The van der Waals surface area contributed by atoms with Crippen LogP contribution in [0.2, 0.25) is 0 Å². The number of carboxylic acid groups (broad SMARTS) is 1. The smallest absolute Gasteiger partial charge is 0.323 e. The van der Waals surface area contributed by atoms with E-state index in [-0.39, 0.29) is 17.3 Å². The van der Waals surface area contributed by atoms with Crippen LogP contribution in [-0.4, -0.2) is 39.7 Å². The summed E-state index contributed by atoms with van der Waals surface area (Å²) in [5.41, 5.74) is -0.708. The lowest BCUT2D eigenvalue weighted by Crippen LogP contribution is -2.48. The highest BCUT2D eigenvalue weighted by Gasteiger charge is 2.31. The Morgan fingerprint density at radius 2 is 2.00 bits per heavy atom. The van der Waals surface area contributed by atoms with Gasteiger partial charge < -0.3 is 14.4 Å². The van der Waals surface area contributed by atoms with E-state index in [2.05, 4.69) is 0 Å². The van der Waals surface area contributed by atoms with Crippen LogP contribution in [0.15, 0.2) is 16.5 Å². The highest BCUT2D eigenvalue weighted by molar-refractivity contribution is 7.98. The first-order chi connectivity index (χ1) is 9.61. The number of hydrogen-bond donors (Lipinski definition) is 1. The van der Waals surface area contributed by atoms with Gasteiger partial charge in [0.25, 0.3) is 11.7 Å². The zero-order valence-electron chi connectivity index (χ0n) is 11.9. The number of nitrogens with zero attached hydrogens (tertiary/aromatic N) is 1. The lowest BCUT2D eigenvalue weighted by molar-refractivity contribution is -0.138. The second-order valence-corrected chi connectivity index (χ2v) is 6.27. The van der Waals surface area contributed by atoms with Crippen LogP contribution in [0, 0.1) is 0 Å². The lowest BCUT2D eigenvalue weighted by atomic mass is 10.1. The minimum atomic E-state index is -2.52. The molecule has 21 heavy (non-hydrogen) atoms. The summed E-state index contributed by atoms with van der Waals surface area (Å²) in [6, 6.07) is 2.80. The van der Waals surface area contributed by atoms with Gasteiger partial charge in [0.2, 0.25) is 0 Å². The Kier molecular flexibility index (Phi) is 5.77. The summed E-state index contributed by atoms with van der Waals surface area (Å²) in [6.07, 6.45) is 0. The standard InChI is InChI=1S/C13H17F2NO4S/c1-13(2,3)16(6-10(17)18)11(19)9-5-4-8(20-9)7-21-12(14)15/h4-5,12H,6-7H2,1-3H3,(H,17,18). The molecule has 0 aliphatic rings. The van der Waals surface area contributed by atoms with Gasteiger partial charge in [0.1, 0.15) is 12.3 Å². The number of halogens is 2. The van der Waals surface area contributed by atoms with Gasteiger partial charge in [0.05, 0.1) is 5.75 Å². The summed E-state index contributed by atoms with van der Waals surface area (Å²) < 4.78 is 29.4. The number of carboxylic acids is 1. The van der Waals surface area contributed by atoms with E-state index >= 15 is 0 Å². The molecule has 0 saturated carbocycles. The van der Waals surface area contributed by atoms with Crippen molar-refractivity contribution in [2.45, 2.75) is 37.8 Å². The van der Waals surface area contributed by atoms with Crippen LogP contribution in [0.1, 0.15) is 37.1 Å². The number of carbonyl (C=O) groups excluding carboxylic acids is 1. The first-order valence-corrected chi connectivity index (χ1v) is 7.18. The SMILES string of the molecule is CC(C)(C)N(CC(=O)O)C(=O)c1ccc(CSC(F)F)o1. The zero-order valence-corrected chi connectivity index (χ0v) is 12.7. The van der Waals surface area contributed by atoms with Crippen molar-refractivity contribution < 1.29 is 27.9 Å². The number of amides is 1. The quantitative estimate of drug-likeness (QED) is 0.872.